The van der Waals surface area contributed by atoms with Gasteiger partial charge in [0.1, 0.15) is 5.82 Å². The van der Waals surface area contributed by atoms with Gasteiger partial charge in [-0.15, -0.1) is 0 Å². The molecular formula is C15H19BClFO2S. The first-order chi connectivity index (χ1) is 9.66. The van der Waals surface area contributed by atoms with E-state index in [1.165, 1.54) is 18.2 Å². The van der Waals surface area contributed by atoms with Crippen LogP contribution >= 0.6 is 24.2 Å². The molecule has 0 spiro atoms. The Bertz CT molecular complexity index is 559. The van der Waals surface area contributed by atoms with Crippen molar-refractivity contribution in [3.05, 3.63) is 40.1 Å². The van der Waals surface area contributed by atoms with Gasteiger partial charge in [-0.3, -0.25) is 0 Å². The molecule has 21 heavy (non-hydrogen) atoms. The molecule has 0 aliphatic carbocycles. The van der Waals surface area contributed by atoms with Crippen LogP contribution in [-0.4, -0.2) is 24.1 Å². The lowest BCUT2D eigenvalue weighted by Crippen LogP contribution is -2.41. The summed E-state index contributed by atoms with van der Waals surface area (Å²) in [5.74, 6) is 0.0991. The van der Waals surface area contributed by atoms with Crippen LogP contribution in [-0.2, 0) is 9.31 Å². The second-order valence-electron chi connectivity index (χ2n) is 6.13. The lowest BCUT2D eigenvalue weighted by molar-refractivity contribution is 0.00578. The van der Waals surface area contributed by atoms with Crippen LogP contribution in [0.1, 0.15) is 33.3 Å². The lowest BCUT2D eigenvalue weighted by atomic mass is 9.78. The van der Waals surface area contributed by atoms with Gasteiger partial charge in [-0.1, -0.05) is 17.7 Å². The minimum absolute atomic E-state index is 0.335. The maximum atomic E-state index is 13.4. The number of halogens is 2. The zero-order valence-corrected chi connectivity index (χ0v) is 14.3. The van der Waals surface area contributed by atoms with Gasteiger partial charge in [-0.05, 0) is 56.9 Å². The van der Waals surface area contributed by atoms with Crippen LogP contribution in [0.3, 0.4) is 0 Å². The Morgan fingerprint density at radius 2 is 1.86 bits per heavy atom. The average molecular weight is 329 g/mol. The molecule has 0 saturated carbocycles. The van der Waals surface area contributed by atoms with Gasteiger partial charge < -0.3 is 9.31 Å². The highest BCUT2D eigenvalue weighted by molar-refractivity contribution is 7.80. The first-order valence-electron chi connectivity index (χ1n) is 6.78. The summed E-state index contributed by atoms with van der Waals surface area (Å²) in [6.45, 7) is 7.94. The summed E-state index contributed by atoms with van der Waals surface area (Å²) in [7, 11) is -0.508. The molecule has 0 aromatic heterocycles. The van der Waals surface area contributed by atoms with Crippen molar-refractivity contribution in [1.82, 2.24) is 0 Å². The molecule has 0 amide bonds. The van der Waals surface area contributed by atoms with E-state index in [9.17, 15) is 4.39 Å². The summed E-state index contributed by atoms with van der Waals surface area (Å²) in [6.07, 6.45) is 1.78. The van der Waals surface area contributed by atoms with E-state index in [0.717, 1.165) is 5.47 Å². The first-order valence-corrected chi connectivity index (χ1v) is 7.79. The summed E-state index contributed by atoms with van der Waals surface area (Å²) in [5.41, 5.74) is 0.552. The predicted octanol–water partition coefficient (Wildman–Crippen LogP) is 4.42. The predicted molar refractivity (Wildman–Crippen MR) is 89.3 cm³/mol. The van der Waals surface area contributed by atoms with Gasteiger partial charge >= 0.3 is 7.12 Å². The molecule has 2 nitrogen and oxygen atoms in total. The topological polar surface area (TPSA) is 18.5 Å². The Hall–Kier alpha value is -0.485. The fourth-order valence-electron chi connectivity index (χ4n) is 2.01. The summed E-state index contributed by atoms with van der Waals surface area (Å²) in [4.78, 5) is 0. The minimum Gasteiger partial charge on any atom is -0.400 e. The standard InChI is InChI=1S/C15H19BClFO2S/c1-14(2)15(3,4)20-16(19-14)11(9-21)7-10-8-12(18)5-6-13(10)17/h5-8,21H,9H2,1-4H3. The van der Waals surface area contributed by atoms with Crippen molar-refractivity contribution in [3.8, 4) is 0 Å². The Balaban J connectivity index is 2.33. The summed E-state index contributed by atoms with van der Waals surface area (Å²) < 4.78 is 25.3. The fraction of sp³-hybridized carbons (Fsp3) is 0.467. The van der Waals surface area contributed by atoms with Gasteiger partial charge in [0.2, 0.25) is 0 Å². The molecule has 1 aromatic rings. The monoisotopic (exact) mass is 328 g/mol. The smallest absolute Gasteiger partial charge is 0.400 e. The Morgan fingerprint density at radius 3 is 2.38 bits per heavy atom. The van der Waals surface area contributed by atoms with E-state index in [-0.39, 0.29) is 5.82 Å². The summed E-state index contributed by atoms with van der Waals surface area (Å²) in [5, 5.41) is 0.479. The van der Waals surface area contributed by atoms with E-state index in [0.29, 0.717) is 16.3 Å². The van der Waals surface area contributed by atoms with Gasteiger partial charge in [0.05, 0.1) is 11.2 Å². The number of thiol groups is 1. The normalized spacial score (nSPS) is 20.9. The molecule has 1 aromatic carbocycles. The van der Waals surface area contributed by atoms with Crippen LogP contribution in [0.25, 0.3) is 6.08 Å². The van der Waals surface area contributed by atoms with Crippen molar-refractivity contribution in [1.29, 1.82) is 0 Å². The van der Waals surface area contributed by atoms with E-state index >= 15 is 0 Å². The molecule has 0 bridgehead atoms. The zero-order valence-electron chi connectivity index (χ0n) is 12.6. The highest BCUT2D eigenvalue weighted by atomic mass is 35.5. The third-order valence-electron chi connectivity index (χ3n) is 4.04. The largest absolute Gasteiger partial charge is 0.491 e. The molecule has 114 valence electrons. The van der Waals surface area contributed by atoms with Crippen LogP contribution < -0.4 is 0 Å². The molecule has 2 rings (SSSR count). The van der Waals surface area contributed by atoms with Gasteiger partial charge in [-0.25, -0.2) is 4.39 Å². The van der Waals surface area contributed by atoms with Crippen molar-refractivity contribution >= 4 is 37.4 Å². The zero-order chi connectivity index (χ0) is 15.8. The van der Waals surface area contributed by atoms with Crippen molar-refractivity contribution in [2.75, 3.05) is 5.75 Å². The van der Waals surface area contributed by atoms with Crippen molar-refractivity contribution in [3.63, 3.8) is 0 Å². The molecule has 0 atom stereocenters. The third-order valence-corrected chi connectivity index (χ3v) is 4.75. The SMILES string of the molecule is CC1(C)OB(C(=Cc2cc(F)ccc2Cl)CS)OC1(C)C. The third kappa shape index (κ3) is 3.47. The van der Waals surface area contributed by atoms with Crippen LogP contribution in [0.2, 0.25) is 5.02 Å². The lowest BCUT2D eigenvalue weighted by Gasteiger charge is -2.32. The van der Waals surface area contributed by atoms with Gasteiger partial charge in [-0.2, -0.15) is 12.6 Å². The molecule has 6 heteroatoms. The van der Waals surface area contributed by atoms with E-state index in [4.69, 9.17) is 20.9 Å². The van der Waals surface area contributed by atoms with Crippen LogP contribution in [0.5, 0.6) is 0 Å². The van der Waals surface area contributed by atoms with Crippen molar-refractivity contribution in [2.24, 2.45) is 0 Å². The van der Waals surface area contributed by atoms with Crippen molar-refractivity contribution < 1.29 is 13.7 Å². The quantitative estimate of drug-likeness (QED) is 0.654. The first kappa shape index (κ1) is 16.9. The highest BCUT2D eigenvalue weighted by Crippen LogP contribution is 2.39. The second kappa shape index (κ2) is 5.96. The van der Waals surface area contributed by atoms with E-state index in [1.54, 1.807) is 6.08 Å². The maximum absolute atomic E-state index is 13.4. The number of benzene rings is 1. The Kier molecular flexibility index (Phi) is 4.79. The van der Waals surface area contributed by atoms with Crippen LogP contribution in [0.15, 0.2) is 23.7 Å². The van der Waals surface area contributed by atoms with Crippen LogP contribution in [0.4, 0.5) is 4.39 Å². The molecule has 0 radical (unpaired) electrons. The molecule has 1 fully saturated rings. The molecular weight excluding hydrogens is 309 g/mol. The van der Waals surface area contributed by atoms with E-state index in [1.807, 2.05) is 27.7 Å². The van der Waals surface area contributed by atoms with E-state index < -0.39 is 18.3 Å². The minimum atomic E-state index is -0.508. The molecule has 1 aliphatic rings. The van der Waals surface area contributed by atoms with Gasteiger partial charge in [0.25, 0.3) is 0 Å². The molecule has 0 N–H and O–H groups in total. The molecule has 1 aliphatic heterocycles. The Morgan fingerprint density at radius 1 is 1.29 bits per heavy atom. The summed E-state index contributed by atoms with van der Waals surface area (Å²) in [6, 6.07) is 4.24. The van der Waals surface area contributed by atoms with Crippen LogP contribution in [0, 0.1) is 5.82 Å². The fourth-order valence-corrected chi connectivity index (χ4v) is 2.42. The number of rotatable bonds is 3. The molecule has 0 unspecified atom stereocenters. The van der Waals surface area contributed by atoms with Crippen molar-refractivity contribution in [2.45, 2.75) is 38.9 Å². The summed E-state index contributed by atoms with van der Waals surface area (Å²) >= 11 is 10.4. The highest BCUT2D eigenvalue weighted by Gasteiger charge is 2.52. The van der Waals surface area contributed by atoms with E-state index in [2.05, 4.69) is 12.6 Å². The Labute approximate surface area is 136 Å². The van der Waals surface area contributed by atoms with Gasteiger partial charge in [0.15, 0.2) is 0 Å². The molecule has 1 heterocycles. The maximum Gasteiger partial charge on any atom is 0.491 e. The van der Waals surface area contributed by atoms with Gasteiger partial charge in [0, 0.05) is 10.8 Å². The average Bonchev–Trinajstić information content (AvgIpc) is 2.59. The number of hydrogen-bond donors (Lipinski definition) is 1. The number of hydrogen-bond acceptors (Lipinski definition) is 3. The molecule has 1 saturated heterocycles. The second-order valence-corrected chi connectivity index (χ2v) is 6.85.